The van der Waals surface area contributed by atoms with Crippen LogP contribution in [0.5, 0.6) is 5.75 Å². The van der Waals surface area contributed by atoms with Gasteiger partial charge >= 0.3 is 5.97 Å². The summed E-state index contributed by atoms with van der Waals surface area (Å²) >= 11 is 0. The third-order valence-electron chi connectivity index (χ3n) is 8.20. The molecule has 1 saturated carbocycles. The minimum absolute atomic E-state index is 0.0405. The first-order valence-corrected chi connectivity index (χ1v) is 15.5. The normalized spacial score (nSPS) is 18.1. The molecule has 8 nitrogen and oxygen atoms in total. The van der Waals surface area contributed by atoms with Crippen LogP contribution < -0.4 is 4.90 Å². The molecule has 3 aromatic carbocycles. The van der Waals surface area contributed by atoms with Crippen LogP contribution in [-0.4, -0.2) is 47.4 Å². The van der Waals surface area contributed by atoms with Gasteiger partial charge in [-0.25, -0.2) is 26.4 Å². The first-order chi connectivity index (χ1) is 20.5. The summed E-state index contributed by atoms with van der Waals surface area (Å²) in [6.45, 7) is -0.262. The van der Waals surface area contributed by atoms with Gasteiger partial charge in [-0.15, -0.1) is 0 Å². The fourth-order valence-corrected chi connectivity index (χ4v) is 7.77. The number of anilines is 1. The lowest BCUT2D eigenvalue weighted by Gasteiger charge is -2.30. The van der Waals surface area contributed by atoms with Gasteiger partial charge in [0.05, 0.1) is 6.54 Å². The Balaban J connectivity index is 1.49. The number of carbonyl (C=O) groups excluding carboxylic acids is 1. The van der Waals surface area contributed by atoms with E-state index in [1.165, 1.54) is 23.0 Å². The summed E-state index contributed by atoms with van der Waals surface area (Å²) in [7, 11) is -4.90. The molecule has 5 rings (SSSR count). The summed E-state index contributed by atoms with van der Waals surface area (Å²) in [5, 5.41) is 19.7. The second-order valence-corrected chi connectivity index (χ2v) is 12.8. The summed E-state index contributed by atoms with van der Waals surface area (Å²) in [6, 6.07) is 10.4. The third-order valence-corrected chi connectivity index (χ3v) is 10.2. The van der Waals surface area contributed by atoms with Gasteiger partial charge in [0.25, 0.3) is 0 Å². The Kier molecular flexibility index (Phi) is 8.79. The number of sulfonamides is 1. The number of hydrogen-bond acceptors (Lipinski definition) is 5. The van der Waals surface area contributed by atoms with Crippen LogP contribution in [0.1, 0.15) is 72.3 Å². The van der Waals surface area contributed by atoms with Crippen molar-refractivity contribution in [3.05, 3.63) is 88.7 Å². The molecule has 2 fully saturated rings. The standard InChI is InChI=1S/C31H31F3N2O6S/c32-22-15-25(33)29(26(34)16-22)43(41,42)36-14-4-7-27(36)30(38)35(23-12-13-24(31(39)40)28(37)17-23)18-19-8-10-21(11-9-19)20-5-2-1-3-6-20/h8-13,15-17,20,27,37H,1-7,14,18H2,(H,39,40)/t27-/m1/s1. The zero-order chi connectivity index (χ0) is 30.9. The summed E-state index contributed by atoms with van der Waals surface area (Å²) in [4.78, 5) is 25.4. The maximum absolute atomic E-state index is 14.6. The van der Waals surface area contributed by atoms with Crippen LogP contribution in [0.4, 0.5) is 18.9 Å². The van der Waals surface area contributed by atoms with Crippen LogP contribution in [0.15, 0.2) is 59.5 Å². The molecule has 228 valence electrons. The molecule has 1 aliphatic heterocycles. The van der Waals surface area contributed by atoms with Gasteiger partial charge in [-0.05, 0) is 54.9 Å². The molecule has 3 aromatic rings. The van der Waals surface area contributed by atoms with E-state index in [4.69, 9.17) is 0 Å². The predicted octanol–water partition coefficient (Wildman–Crippen LogP) is 5.94. The SMILES string of the molecule is O=C(O)c1ccc(N(Cc2ccc(C3CCCCC3)cc2)C(=O)[C@H]2CCCN2S(=O)(=O)c2c(F)cc(F)cc2F)cc1O. The zero-order valence-corrected chi connectivity index (χ0v) is 24.0. The number of phenols is 1. The van der Waals surface area contributed by atoms with Gasteiger partial charge in [0.2, 0.25) is 15.9 Å². The molecule has 1 aliphatic carbocycles. The van der Waals surface area contributed by atoms with Crippen molar-refractivity contribution in [2.24, 2.45) is 0 Å². The van der Waals surface area contributed by atoms with E-state index in [0.717, 1.165) is 37.8 Å². The summed E-state index contributed by atoms with van der Waals surface area (Å²) in [5.41, 5.74) is 1.59. The minimum atomic E-state index is -4.90. The summed E-state index contributed by atoms with van der Waals surface area (Å²) in [6.07, 6.45) is 5.99. The Bertz CT molecular complexity index is 1620. The van der Waals surface area contributed by atoms with Crippen molar-refractivity contribution in [2.45, 2.75) is 68.3 Å². The quantitative estimate of drug-likeness (QED) is 0.324. The average Bonchev–Trinajstić information content (AvgIpc) is 3.47. The Labute approximate surface area is 247 Å². The number of rotatable bonds is 8. The third kappa shape index (κ3) is 6.25. The maximum Gasteiger partial charge on any atom is 0.339 e. The van der Waals surface area contributed by atoms with E-state index < -0.39 is 56.0 Å². The molecular weight excluding hydrogens is 585 g/mol. The Morgan fingerprint density at radius 1 is 0.884 bits per heavy atom. The van der Waals surface area contributed by atoms with Crippen molar-refractivity contribution < 1.29 is 41.4 Å². The van der Waals surface area contributed by atoms with Crippen molar-refractivity contribution in [1.82, 2.24) is 4.31 Å². The van der Waals surface area contributed by atoms with Crippen molar-refractivity contribution >= 4 is 27.6 Å². The fourth-order valence-electron chi connectivity index (χ4n) is 6.03. The molecule has 1 saturated heterocycles. The predicted molar refractivity (Wildman–Crippen MR) is 152 cm³/mol. The smallest absolute Gasteiger partial charge is 0.339 e. The molecular formula is C31H31F3N2O6S. The van der Waals surface area contributed by atoms with Crippen LogP contribution in [0, 0.1) is 17.5 Å². The van der Waals surface area contributed by atoms with Gasteiger partial charge in [-0.3, -0.25) is 4.79 Å². The van der Waals surface area contributed by atoms with Gasteiger partial charge in [-0.2, -0.15) is 4.31 Å². The number of amides is 1. The van der Waals surface area contributed by atoms with Crippen LogP contribution in [0.2, 0.25) is 0 Å². The van der Waals surface area contributed by atoms with E-state index in [0.29, 0.717) is 15.8 Å². The molecule has 2 N–H and O–H groups in total. The van der Waals surface area contributed by atoms with Crippen LogP contribution >= 0.6 is 0 Å². The van der Waals surface area contributed by atoms with Crippen molar-refractivity contribution in [3.8, 4) is 5.75 Å². The second-order valence-electron chi connectivity index (χ2n) is 11.0. The lowest BCUT2D eigenvalue weighted by Crippen LogP contribution is -2.48. The monoisotopic (exact) mass is 616 g/mol. The molecule has 0 unspecified atom stereocenters. The van der Waals surface area contributed by atoms with E-state index >= 15 is 0 Å². The van der Waals surface area contributed by atoms with E-state index in [1.807, 2.05) is 24.3 Å². The molecule has 0 bridgehead atoms. The van der Waals surface area contributed by atoms with Gasteiger partial charge in [0, 0.05) is 30.4 Å². The number of carbonyl (C=O) groups is 2. The lowest BCUT2D eigenvalue weighted by atomic mass is 9.84. The minimum Gasteiger partial charge on any atom is -0.507 e. The number of aromatic hydroxyl groups is 1. The summed E-state index contributed by atoms with van der Waals surface area (Å²) in [5.74, 6) is -6.76. The fraction of sp³-hybridized carbons (Fsp3) is 0.355. The summed E-state index contributed by atoms with van der Waals surface area (Å²) < 4.78 is 70.2. The number of carboxylic acids is 1. The highest BCUT2D eigenvalue weighted by Crippen LogP contribution is 2.35. The Morgan fingerprint density at radius 3 is 2.14 bits per heavy atom. The lowest BCUT2D eigenvalue weighted by molar-refractivity contribution is -0.121. The molecule has 1 heterocycles. The molecule has 12 heteroatoms. The number of halogens is 3. The van der Waals surface area contributed by atoms with E-state index in [9.17, 15) is 41.4 Å². The number of carboxylic acid groups (broad SMARTS) is 1. The molecule has 0 radical (unpaired) electrons. The Morgan fingerprint density at radius 2 is 1.53 bits per heavy atom. The Hall–Kier alpha value is -3.90. The number of nitrogens with zero attached hydrogens (tertiary/aromatic N) is 2. The second kappa shape index (κ2) is 12.4. The van der Waals surface area contributed by atoms with Gasteiger partial charge in [-0.1, -0.05) is 43.5 Å². The number of hydrogen-bond donors (Lipinski definition) is 2. The van der Waals surface area contributed by atoms with Gasteiger partial charge in [0.1, 0.15) is 34.8 Å². The number of benzene rings is 3. The van der Waals surface area contributed by atoms with Gasteiger partial charge < -0.3 is 15.1 Å². The van der Waals surface area contributed by atoms with Crippen LogP contribution in [0.3, 0.4) is 0 Å². The molecule has 0 spiro atoms. The highest BCUT2D eigenvalue weighted by Gasteiger charge is 2.44. The highest BCUT2D eigenvalue weighted by molar-refractivity contribution is 7.89. The number of aromatic carboxylic acids is 1. The van der Waals surface area contributed by atoms with Crippen molar-refractivity contribution in [1.29, 1.82) is 0 Å². The molecule has 43 heavy (non-hydrogen) atoms. The molecule has 1 amide bonds. The topological polar surface area (TPSA) is 115 Å². The largest absolute Gasteiger partial charge is 0.507 e. The highest BCUT2D eigenvalue weighted by atomic mass is 32.2. The maximum atomic E-state index is 14.6. The van der Waals surface area contributed by atoms with Crippen molar-refractivity contribution in [2.75, 3.05) is 11.4 Å². The first kappa shape index (κ1) is 30.6. The molecule has 0 aromatic heterocycles. The van der Waals surface area contributed by atoms with E-state index in [-0.39, 0.29) is 49.3 Å². The van der Waals surface area contributed by atoms with Crippen LogP contribution in [0.25, 0.3) is 0 Å². The van der Waals surface area contributed by atoms with Crippen molar-refractivity contribution in [3.63, 3.8) is 0 Å². The average molecular weight is 617 g/mol. The van der Waals surface area contributed by atoms with Crippen LogP contribution in [-0.2, 0) is 21.4 Å². The zero-order valence-electron chi connectivity index (χ0n) is 23.2. The van der Waals surface area contributed by atoms with E-state index in [2.05, 4.69) is 0 Å². The van der Waals surface area contributed by atoms with E-state index in [1.54, 1.807) is 0 Å². The first-order valence-electron chi connectivity index (χ1n) is 14.1. The molecule has 1 atom stereocenters. The molecule has 2 aliphatic rings. The van der Waals surface area contributed by atoms with Gasteiger partial charge in [0.15, 0.2) is 4.90 Å².